The highest BCUT2D eigenvalue weighted by Gasteiger charge is 2.22. The Morgan fingerprint density at radius 3 is 0.920 bits per heavy atom. The Balaban J connectivity index is 4.20. The van der Waals surface area contributed by atoms with Crippen LogP contribution in [0, 0.1) is 0 Å². The number of esters is 2. The molecule has 0 heterocycles. The lowest BCUT2D eigenvalue weighted by Gasteiger charge is -2.26. The van der Waals surface area contributed by atoms with E-state index in [-0.39, 0.29) is 38.6 Å². The van der Waals surface area contributed by atoms with Gasteiger partial charge in [-0.25, -0.2) is 0 Å². The number of rotatable bonds is 62. The predicted molar refractivity (Wildman–Crippen MR) is 370 cm³/mol. The van der Waals surface area contributed by atoms with Crippen molar-refractivity contribution >= 4 is 17.9 Å². The van der Waals surface area contributed by atoms with Crippen LogP contribution in [0.5, 0.6) is 0 Å². The highest BCUT2D eigenvalue weighted by atomic mass is 16.7. The van der Waals surface area contributed by atoms with Crippen LogP contribution in [-0.4, -0.2) is 82.3 Å². The first-order valence-corrected chi connectivity index (χ1v) is 34.6. The van der Waals surface area contributed by atoms with Gasteiger partial charge in [-0.3, -0.25) is 9.59 Å². The minimum atomic E-state index is -1.63. The van der Waals surface area contributed by atoms with Gasteiger partial charge in [0, 0.05) is 12.8 Å². The van der Waals surface area contributed by atoms with Gasteiger partial charge in [0.15, 0.2) is 12.4 Å². The maximum atomic E-state index is 12.9. The molecular weight excluding hydrogens is 1080 g/mol. The zero-order valence-corrected chi connectivity index (χ0v) is 56.1. The standard InChI is InChI=1S/C78H127NO8/c1-6-8-10-12-14-16-18-20-22-24-26-28-30-32-34-36-37-38-39-41-43-45-47-49-51-53-55-57-59-61-63-65-67-69-76(81)87-74(73-86-78(77(82)83)84-71-70-79(3,4)5)72-85-75(80)68-66-64-62-60-58-56-54-52-50-48-46-44-42-40-35-33-31-29-27-25-23-21-19-17-15-13-11-9-7-2/h8-11,14-17,20-23,26-29,32-35,37-38,41,43,47,49,74,78H,6-7,12-13,18-19,24-25,30-31,36,39-40,42,44-46,48,50-73H2,1-5H3/b10-8-,11-9-,16-14-,17-15-,22-20-,23-21-,28-26-,29-27-,34-32-,35-33-,38-37-,43-41-,49-47-. The summed E-state index contributed by atoms with van der Waals surface area (Å²) in [5.41, 5.74) is 0. The molecule has 0 fully saturated rings. The minimum Gasteiger partial charge on any atom is -0.545 e. The number of carboxylic acids is 1. The Morgan fingerprint density at radius 1 is 0.345 bits per heavy atom. The SMILES string of the molecule is CC/C=C\C/C=C\C/C=C\C/C=C\C/C=C\C/C=C\C/C=C\C/C=C\CCCCCCCCCCC(=O)OC(COC(=O)CCCCCCCCCCCCCCC/C=C\C/C=C\C/C=C\C/C=C\C/C=C\CC)COC(OCC[N+](C)(C)C)C(=O)[O-]. The highest BCUT2D eigenvalue weighted by molar-refractivity contribution is 5.70. The maximum absolute atomic E-state index is 12.9. The second-order valence-corrected chi connectivity index (χ2v) is 23.7. The van der Waals surface area contributed by atoms with Crippen LogP contribution in [0.25, 0.3) is 0 Å². The molecule has 0 rings (SSSR count). The summed E-state index contributed by atoms with van der Waals surface area (Å²) < 4.78 is 22.8. The van der Waals surface area contributed by atoms with Gasteiger partial charge in [-0.05, 0) is 122 Å². The average Bonchev–Trinajstić information content (AvgIpc) is 3.59. The third-order valence-electron chi connectivity index (χ3n) is 14.3. The van der Waals surface area contributed by atoms with Crippen molar-refractivity contribution in [1.82, 2.24) is 0 Å². The van der Waals surface area contributed by atoms with Crippen molar-refractivity contribution < 1.29 is 42.9 Å². The normalized spacial score (nSPS) is 13.7. The average molecular weight is 1210 g/mol. The number of hydrogen-bond acceptors (Lipinski definition) is 8. The number of ether oxygens (including phenoxy) is 4. The van der Waals surface area contributed by atoms with Crippen molar-refractivity contribution in [2.75, 3.05) is 47.5 Å². The van der Waals surface area contributed by atoms with Crippen LogP contribution >= 0.6 is 0 Å². The van der Waals surface area contributed by atoms with Crippen molar-refractivity contribution in [3.05, 3.63) is 158 Å². The molecule has 87 heavy (non-hydrogen) atoms. The van der Waals surface area contributed by atoms with E-state index in [0.717, 1.165) is 128 Å². The Hall–Kier alpha value is -5.09. The molecule has 0 aliphatic carbocycles. The molecule has 0 aromatic rings. The fourth-order valence-electron chi connectivity index (χ4n) is 9.05. The fraction of sp³-hybridized carbons (Fsp3) is 0.628. The first-order valence-electron chi connectivity index (χ1n) is 34.6. The molecule has 0 amide bonds. The molecule has 0 spiro atoms. The maximum Gasteiger partial charge on any atom is 0.306 e. The van der Waals surface area contributed by atoms with Crippen LogP contribution in [0.2, 0.25) is 0 Å². The van der Waals surface area contributed by atoms with Crippen LogP contribution < -0.4 is 5.11 Å². The van der Waals surface area contributed by atoms with Crippen molar-refractivity contribution in [1.29, 1.82) is 0 Å². The first kappa shape index (κ1) is 81.9. The molecule has 0 saturated heterocycles. The molecule has 0 saturated carbocycles. The monoisotopic (exact) mass is 1210 g/mol. The van der Waals surface area contributed by atoms with E-state index in [1.54, 1.807) is 0 Å². The zero-order valence-electron chi connectivity index (χ0n) is 56.1. The second kappa shape index (κ2) is 66.9. The van der Waals surface area contributed by atoms with E-state index in [4.69, 9.17) is 18.9 Å². The number of aliphatic carboxylic acids is 1. The third-order valence-corrected chi connectivity index (χ3v) is 14.3. The summed E-state index contributed by atoms with van der Waals surface area (Å²) in [6.45, 7) is 4.50. The topological polar surface area (TPSA) is 111 Å². The van der Waals surface area contributed by atoms with Gasteiger partial charge >= 0.3 is 11.9 Å². The molecule has 0 aliphatic rings. The number of carbonyl (C=O) groups is 3. The lowest BCUT2D eigenvalue weighted by atomic mass is 10.0. The van der Waals surface area contributed by atoms with Crippen LogP contribution in [0.15, 0.2) is 158 Å². The number of likely N-dealkylation sites (N-methyl/N-ethyl adjacent to an activating group) is 1. The Labute approximate surface area is 534 Å². The lowest BCUT2D eigenvalue weighted by molar-refractivity contribution is -0.870. The van der Waals surface area contributed by atoms with Gasteiger partial charge < -0.3 is 33.3 Å². The molecule has 0 aromatic heterocycles. The van der Waals surface area contributed by atoms with Gasteiger partial charge in [-0.1, -0.05) is 281 Å². The van der Waals surface area contributed by atoms with E-state index in [1.165, 1.54) is 96.3 Å². The van der Waals surface area contributed by atoms with Crippen LogP contribution in [0.1, 0.15) is 258 Å². The molecule has 2 unspecified atom stereocenters. The smallest absolute Gasteiger partial charge is 0.306 e. The molecule has 0 aliphatic heterocycles. The van der Waals surface area contributed by atoms with Crippen molar-refractivity contribution in [3.63, 3.8) is 0 Å². The van der Waals surface area contributed by atoms with Crippen molar-refractivity contribution in [2.24, 2.45) is 0 Å². The van der Waals surface area contributed by atoms with E-state index >= 15 is 0 Å². The molecule has 0 bridgehead atoms. The van der Waals surface area contributed by atoms with Gasteiger partial charge in [0.1, 0.15) is 13.2 Å². The van der Waals surface area contributed by atoms with E-state index in [2.05, 4.69) is 172 Å². The van der Waals surface area contributed by atoms with Crippen molar-refractivity contribution in [3.8, 4) is 0 Å². The number of carbonyl (C=O) groups excluding carboxylic acids is 3. The Bertz CT molecular complexity index is 1990. The number of carboxylic acid groups (broad SMARTS) is 1. The van der Waals surface area contributed by atoms with Crippen LogP contribution in [-0.2, 0) is 33.3 Å². The van der Waals surface area contributed by atoms with E-state index in [1.807, 2.05) is 21.1 Å². The van der Waals surface area contributed by atoms with Crippen LogP contribution in [0.3, 0.4) is 0 Å². The van der Waals surface area contributed by atoms with E-state index in [0.29, 0.717) is 17.4 Å². The first-order chi connectivity index (χ1) is 42.6. The molecule has 9 heteroatoms. The third kappa shape index (κ3) is 68.3. The summed E-state index contributed by atoms with van der Waals surface area (Å²) >= 11 is 0. The fourth-order valence-corrected chi connectivity index (χ4v) is 9.05. The van der Waals surface area contributed by atoms with Gasteiger partial charge in [0.2, 0.25) is 0 Å². The minimum absolute atomic E-state index is 0.138. The summed E-state index contributed by atoms with van der Waals surface area (Å²) in [6.07, 6.45) is 95.9. The van der Waals surface area contributed by atoms with Gasteiger partial charge in [-0.2, -0.15) is 0 Å². The number of quaternary nitrogens is 1. The van der Waals surface area contributed by atoms with E-state index in [9.17, 15) is 19.5 Å². The quantitative estimate of drug-likeness (QED) is 0.0195. The molecule has 0 N–H and O–H groups in total. The summed E-state index contributed by atoms with van der Waals surface area (Å²) in [7, 11) is 5.92. The molecule has 0 aromatic carbocycles. The highest BCUT2D eigenvalue weighted by Crippen LogP contribution is 2.16. The number of hydrogen-bond donors (Lipinski definition) is 0. The van der Waals surface area contributed by atoms with Gasteiger partial charge in [0.25, 0.3) is 0 Å². The van der Waals surface area contributed by atoms with Gasteiger partial charge in [-0.15, -0.1) is 0 Å². The molecule has 2 atom stereocenters. The molecule has 0 radical (unpaired) electrons. The predicted octanol–water partition coefficient (Wildman–Crippen LogP) is 20.4. The lowest BCUT2D eigenvalue weighted by Crippen LogP contribution is -2.44. The molecular formula is C78H127NO8. The van der Waals surface area contributed by atoms with E-state index < -0.39 is 24.3 Å². The molecule has 492 valence electrons. The summed E-state index contributed by atoms with van der Waals surface area (Å²) in [4.78, 5) is 37.5. The summed E-state index contributed by atoms with van der Waals surface area (Å²) in [5.74, 6) is -2.31. The number of unbranched alkanes of at least 4 members (excludes halogenated alkanes) is 21. The summed E-state index contributed by atoms with van der Waals surface area (Å²) in [6, 6.07) is 0. The van der Waals surface area contributed by atoms with Crippen molar-refractivity contribution in [2.45, 2.75) is 270 Å². The summed E-state index contributed by atoms with van der Waals surface area (Å²) in [5, 5.41) is 11.8. The largest absolute Gasteiger partial charge is 0.545 e. The Kier molecular flexibility index (Phi) is 62.9. The Morgan fingerprint density at radius 2 is 0.621 bits per heavy atom. The van der Waals surface area contributed by atoms with Gasteiger partial charge in [0.05, 0.1) is 40.3 Å². The zero-order chi connectivity index (χ0) is 63.3. The molecule has 9 nitrogen and oxygen atoms in total. The number of allylic oxidation sites excluding steroid dienone is 26. The number of nitrogens with zero attached hydrogens (tertiary/aromatic N) is 1. The van der Waals surface area contributed by atoms with Crippen LogP contribution in [0.4, 0.5) is 0 Å². The second-order valence-electron chi connectivity index (χ2n) is 23.7.